The fourth-order valence-corrected chi connectivity index (χ4v) is 2.89. The van der Waals surface area contributed by atoms with Crippen LogP contribution >= 0.6 is 0 Å². The zero-order chi connectivity index (χ0) is 19.1. The summed E-state index contributed by atoms with van der Waals surface area (Å²) in [5.41, 5.74) is 2.40. The number of hydrogen-bond donors (Lipinski definition) is 1. The van der Waals surface area contributed by atoms with Crippen molar-refractivity contribution in [3.8, 4) is 5.69 Å². The number of hydrogen-bond acceptors (Lipinski definition) is 3. The van der Waals surface area contributed by atoms with Crippen LogP contribution in [0.15, 0.2) is 67.1 Å². The summed E-state index contributed by atoms with van der Waals surface area (Å²) < 4.78 is 14.7. The second-order valence-corrected chi connectivity index (χ2v) is 6.46. The number of benzene rings is 2. The van der Waals surface area contributed by atoms with Crippen LogP contribution in [0, 0.1) is 5.82 Å². The molecule has 0 aliphatic rings. The summed E-state index contributed by atoms with van der Waals surface area (Å²) in [6.45, 7) is 2.34. The summed E-state index contributed by atoms with van der Waals surface area (Å²) in [4.78, 5) is 18.7. The van der Waals surface area contributed by atoms with Gasteiger partial charge in [-0.15, -0.1) is 0 Å². The molecule has 6 heteroatoms. The molecule has 0 spiro atoms. The van der Waals surface area contributed by atoms with Gasteiger partial charge in [0, 0.05) is 18.8 Å². The minimum atomic E-state index is -0.315. The van der Waals surface area contributed by atoms with Gasteiger partial charge in [-0.1, -0.05) is 30.3 Å². The second-order valence-electron chi connectivity index (χ2n) is 6.46. The van der Waals surface area contributed by atoms with Gasteiger partial charge in [0.05, 0.1) is 12.5 Å². The van der Waals surface area contributed by atoms with Crippen LogP contribution in [-0.2, 0) is 6.54 Å². The lowest BCUT2D eigenvalue weighted by Gasteiger charge is -2.16. The van der Waals surface area contributed by atoms with Crippen molar-refractivity contribution in [2.45, 2.75) is 13.0 Å². The van der Waals surface area contributed by atoms with E-state index in [1.807, 2.05) is 18.2 Å². The van der Waals surface area contributed by atoms with Crippen LogP contribution in [0.25, 0.3) is 5.69 Å². The molecule has 1 aromatic heterocycles. The largest absolute Gasteiger partial charge is 0.351 e. The molecule has 0 aliphatic heterocycles. The lowest BCUT2D eigenvalue weighted by molar-refractivity contribution is 0.0945. The highest BCUT2D eigenvalue weighted by atomic mass is 19.1. The number of carbonyl (C=O) groups is 1. The highest BCUT2D eigenvalue weighted by molar-refractivity contribution is 5.92. The van der Waals surface area contributed by atoms with Gasteiger partial charge in [0.2, 0.25) is 0 Å². The van der Waals surface area contributed by atoms with E-state index in [4.69, 9.17) is 0 Å². The van der Waals surface area contributed by atoms with Gasteiger partial charge in [-0.3, -0.25) is 9.36 Å². The molecule has 0 atom stereocenters. The molecular formula is C21H23FN4O. The molecule has 1 amide bonds. The van der Waals surface area contributed by atoms with Crippen molar-refractivity contribution in [1.29, 1.82) is 0 Å². The summed E-state index contributed by atoms with van der Waals surface area (Å²) in [5.74, 6) is -0.507. The maximum atomic E-state index is 13.1. The van der Waals surface area contributed by atoms with E-state index in [1.165, 1.54) is 23.9 Å². The van der Waals surface area contributed by atoms with Crippen LogP contribution in [0.5, 0.6) is 0 Å². The van der Waals surface area contributed by atoms with Crippen molar-refractivity contribution < 1.29 is 9.18 Å². The molecule has 0 unspecified atom stereocenters. The van der Waals surface area contributed by atoms with E-state index in [-0.39, 0.29) is 11.7 Å². The Kier molecular flexibility index (Phi) is 6.33. The van der Waals surface area contributed by atoms with Crippen molar-refractivity contribution in [1.82, 2.24) is 19.8 Å². The molecule has 3 aromatic rings. The summed E-state index contributed by atoms with van der Waals surface area (Å²) in [6.07, 6.45) is 3.91. The molecule has 5 nitrogen and oxygen atoms in total. The molecule has 0 bridgehead atoms. The van der Waals surface area contributed by atoms with Crippen LogP contribution in [0.3, 0.4) is 0 Å². The lowest BCUT2D eigenvalue weighted by atomic mass is 10.2. The first-order valence-electron chi connectivity index (χ1n) is 8.92. The minimum absolute atomic E-state index is 0.192. The molecule has 2 aromatic carbocycles. The first-order chi connectivity index (χ1) is 13.1. The topological polar surface area (TPSA) is 50.2 Å². The van der Waals surface area contributed by atoms with Crippen molar-refractivity contribution >= 4 is 5.91 Å². The van der Waals surface area contributed by atoms with E-state index in [1.54, 1.807) is 23.0 Å². The first-order valence-corrected chi connectivity index (χ1v) is 8.92. The molecule has 0 aliphatic carbocycles. The van der Waals surface area contributed by atoms with Crippen molar-refractivity contribution in [2.24, 2.45) is 0 Å². The molecule has 0 fully saturated rings. The van der Waals surface area contributed by atoms with Crippen LogP contribution in [0.1, 0.15) is 22.5 Å². The fourth-order valence-electron chi connectivity index (χ4n) is 2.89. The summed E-state index contributed by atoms with van der Waals surface area (Å²) >= 11 is 0. The normalized spacial score (nSPS) is 10.9. The summed E-state index contributed by atoms with van der Waals surface area (Å²) in [6, 6.07) is 16.2. The number of aromatic nitrogens is 2. The standard InChI is InChI=1S/C21H23FN4O/c1-25(15-17-6-3-2-4-7-17)13-5-12-24-21(27)20-14-23-16-26(20)19-10-8-18(22)9-11-19/h2-4,6-11,14,16H,5,12-13,15H2,1H3,(H,24,27). The van der Waals surface area contributed by atoms with Crippen LogP contribution in [0.4, 0.5) is 4.39 Å². The van der Waals surface area contributed by atoms with Gasteiger partial charge in [-0.25, -0.2) is 9.37 Å². The Balaban J connectivity index is 1.47. The molecule has 0 radical (unpaired) electrons. The van der Waals surface area contributed by atoms with Gasteiger partial charge in [-0.2, -0.15) is 0 Å². The summed E-state index contributed by atoms with van der Waals surface area (Å²) in [7, 11) is 2.07. The fraction of sp³-hybridized carbons (Fsp3) is 0.238. The monoisotopic (exact) mass is 366 g/mol. The van der Waals surface area contributed by atoms with E-state index in [0.717, 1.165) is 19.5 Å². The van der Waals surface area contributed by atoms with Crippen LogP contribution in [-0.4, -0.2) is 40.5 Å². The third kappa shape index (κ3) is 5.24. The zero-order valence-corrected chi connectivity index (χ0v) is 15.3. The summed E-state index contributed by atoms with van der Waals surface area (Å²) in [5, 5.41) is 2.93. The van der Waals surface area contributed by atoms with E-state index in [9.17, 15) is 9.18 Å². The second kappa shape index (κ2) is 9.09. The van der Waals surface area contributed by atoms with Crippen molar-refractivity contribution in [3.63, 3.8) is 0 Å². The van der Waals surface area contributed by atoms with Gasteiger partial charge in [0.1, 0.15) is 11.5 Å². The Labute approximate surface area is 158 Å². The highest BCUT2D eigenvalue weighted by Gasteiger charge is 2.12. The molecule has 1 heterocycles. The maximum Gasteiger partial charge on any atom is 0.269 e. The molecule has 3 rings (SSSR count). The Morgan fingerprint density at radius 2 is 1.89 bits per heavy atom. The van der Waals surface area contributed by atoms with Crippen LogP contribution < -0.4 is 5.32 Å². The number of rotatable bonds is 8. The Hall–Kier alpha value is -2.99. The van der Waals surface area contributed by atoms with Crippen molar-refractivity contribution in [2.75, 3.05) is 20.1 Å². The van der Waals surface area contributed by atoms with Gasteiger partial charge in [-0.05, 0) is 49.8 Å². The third-order valence-corrected chi connectivity index (χ3v) is 4.27. The third-order valence-electron chi connectivity index (χ3n) is 4.27. The van der Waals surface area contributed by atoms with Gasteiger partial charge in [0.15, 0.2) is 0 Å². The smallest absolute Gasteiger partial charge is 0.269 e. The number of carbonyl (C=O) groups excluding carboxylic acids is 1. The Morgan fingerprint density at radius 1 is 1.15 bits per heavy atom. The predicted molar refractivity (Wildman–Crippen MR) is 103 cm³/mol. The van der Waals surface area contributed by atoms with E-state index in [0.29, 0.717) is 17.9 Å². The zero-order valence-electron chi connectivity index (χ0n) is 15.3. The molecule has 27 heavy (non-hydrogen) atoms. The quantitative estimate of drug-likeness (QED) is 0.623. The molecule has 140 valence electrons. The average molecular weight is 366 g/mol. The van der Waals surface area contributed by atoms with E-state index < -0.39 is 0 Å². The maximum absolute atomic E-state index is 13.1. The van der Waals surface area contributed by atoms with Gasteiger partial charge < -0.3 is 10.2 Å². The van der Waals surface area contributed by atoms with Gasteiger partial charge in [0.25, 0.3) is 5.91 Å². The minimum Gasteiger partial charge on any atom is -0.351 e. The Bertz CT molecular complexity index is 861. The average Bonchev–Trinajstić information content (AvgIpc) is 3.16. The van der Waals surface area contributed by atoms with E-state index in [2.05, 4.69) is 34.4 Å². The molecule has 0 saturated heterocycles. The highest BCUT2D eigenvalue weighted by Crippen LogP contribution is 2.12. The number of imidazole rings is 1. The van der Waals surface area contributed by atoms with Crippen LogP contribution in [0.2, 0.25) is 0 Å². The van der Waals surface area contributed by atoms with E-state index >= 15 is 0 Å². The lowest BCUT2D eigenvalue weighted by Crippen LogP contribution is -2.29. The SMILES string of the molecule is CN(CCCNC(=O)c1cncn1-c1ccc(F)cc1)Cc1ccccc1. The predicted octanol–water partition coefficient (Wildman–Crippen LogP) is 3.26. The number of amides is 1. The molecule has 0 saturated carbocycles. The van der Waals surface area contributed by atoms with Crippen molar-refractivity contribution in [3.05, 3.63) is 84.2 Å². The number of nitrogens with one attached hydrogen (secondary N) is 1. The molecule has 1 N–H and O–H groups in total. The Morgan fingerprint density at radius 3 is 2.63 bits per heavy atom. The molecular weight excluding hydrogens is 343 g/mol. The first kappa shape index (κ1) is 18.8. The number of nitrogens with zero attached hydrogens (tertiary/aromatic N) is 3. The van der Waals surface area contributed by atoms with Gasteiger partial charge >= 0.3 is 0 Å². The number of halogens is 1.